The van der Waals surface area contributed by atoms with Crippen LogP contribution in [0.1, 0.15) is 31.0 Å². The maximum absolute atomic E-state index is 13.4. The molecule has 2 aromatic rings. The van der Waals surface area contributed by atoms with Crippen LogP contribution in [-0.4, -0.2) is 31.6 Å². The molecule has 1 amide bonds. The van der Waals surface area contributed by atoms with Crippen LogP contribution in [0.25, 0.3) is 6.08 Å². The first kappa shape index (κ1) is 24.5. The Kier molecular flexibility index (Phi) is 8.74. The Morgan fingerprint density at radius 3 is 2.44 bits per heavy atom. The van der Waals surface area contributed by atoms with Crippen LogP contribution in [0.2, 0.25) is 0 Å². The van der Waals surface area contributed by atoms with Gasteiger partial charge < -0.3 is 15.4 Å². The number of hydrogen-bond donors (Lipinski definition) is 2. The van der Waals surface area contributed by atoms with E-state index in [-0.39, 0.29) is 5.91 Å². The van der Waals surface area contributed by atoms with Gasteiger partial charge in [0.05, 0.1) is 12.8 Å². The van der Waals surface area contributed by atoms with E-state index in [1.165, 1.54) is 6.08 Å². The standard InChI is InChI=1S/C28H29N3O3/c1-4-21-19-24(14-17-26(21)29-5-2)30-27(22-10-8-20(9-11-22)7-6-18-32)28(33)31-23-12-15-25(34-3)16-13-23/h4,6-19,27,30H,5H2,1-3H3,(H,31,33)/b7-6+,21-4-,29-26?. The number of ether oxygens (including phenoxy) is 1. The molecule has 0 saturated heterocycles. The average Bonchev–Trinajstić information content (AvgIpc) is 2.87. The van der Waals surface area contributed by atoms with Crippen LogP contribution in [0.4, 0.5) is 5.69 Å². The van der Waals surface area contributed by atoms with E-state index in [2.05, 4.69) is 15.6 Å². The minimum absolute atomic E-state index is 0.203. The Labute approximate surface area is 200 Å². The summed E-state index contributed by atoms with van der Waals surface area (Å²) in [5, 5.41) is 6.35. The van der Waals surface area contributed by atoms with Gasteiger partial charge in [0, 0.05) is 17.9 Å². The van der Waals surface area contributed by atoms with Crippen LogP contribution in [0.15, 0.2) is 95.2 Å². The van der Waals surface area contributed by atoms with E-state index in [9.17, 15) is 9.59 Å². The number of nitrogens with one attached hydrogen (secondary N) is 2. The molecule has 0 fully saturated rings. The van der Waals surface area contributed by atoms with Crippen LogP contribution in [0.5, 0.6) is 5.75 Å². The van der Waals surface area contributed by atoms with Crippen molar-refractivity contribution in [2.75, 3.05) is 19.0 Å². The Morgan fingerprint density at radius 2 is 1.82 bits per heavy atom. The number of hydrogen-bond acceptors (Lipinski definition) is 5. The molecular formula is C28H29N3O3. The van der Waals surface area contributed by atoms with Crippen molar-refractivity contribution in [2.24, 2.45) is 4.99 Å². The average molecular weight is 456 g/mol. The van der Waals surface area contributed by atoms with E-state index in [1.54, 1.807) is 37.5 Å². The first-order valence-electron chi connectivity index (χ1n) is 11.1. The maximum Gasteiger partial charge on any atom is 0.251 e. The van der Waals surface area contributed by atoms with Crippen molar-refractivity contribution in [3.8, 4) is 5.75 Å². The summed E-state index contributed by atoms with van der Waals surface area (Å²) in [5.41, 5.74) is 5.06. The second-order valence-corrected chi connectivity index (χ2v) is 7.49. The molecule has 0 radical (unpaired) electrons. The zero-order valence-corrected chi connectivity index (χ0v) is 19.6. The molecule has 1 aliphatic carbocycles. The van der Waals surface area contributed by atoms with Crippen molar-refractivity contribution in [1.29, 1.82) is 0 Å². The van der Waals surface area contributed by atoms with Crippen molar-refractivity contribution >= 4 is 29.7 Å². The summed E-state index contributed by atoms with van der Waals surface area (Å²) >= 11 is 0. The van der Waals surface area contributed by atoms with Gasteiger partial charge in [-0.05, 0) is 79.1 Å². The van der Waals surface area contributed by atoms with Gasteiger partial charge in [0.15, 0.2) is 0 Å². The van der Waals surface area contributed by atoms with Gasteiger partial charge in [-0.25, -0.2) is 0 Å². The predicted octanol–water partition coefficient (Wildman–Crippen LogP) is 5.04. The fourth-order valence-electron chi connectivity index (χ4n) is 3.50. The SMILES string of the molecule is C/C=C1/C=C(NC(C(=O)Nc2ccc(OC)cc2)c2ccc(/C=C/C=O)cc2)C=CC1=NCC. The Balaban J connectivity index is 1.89. The van der Waals surface area contributed by atoms with Gasteiger partial charge in [-0.3, -0.25) is 14.6 Å². The van der Waals surface area contributed by atoms with Gasteiger partial charge in [0.1, 0.15) is 18.1 Å². The number of carbonyl (C=O) groups excluding carboxylic acids is 2. The minimum Gasteiger partial charge on any atom is -0.497 e. The summed E-state index contributed by atoms with van der Waals surface area (Å²) in [6.45, 7) is 4.66. The number of aliphatic imine (C=N–C) groups is 1. The van der Waals surface area contributed by atoms with Gasteiger partial charge in [-0.15, -0.1) is 0 Å². The predicted molar refractivity (Wildman–Crippen MR) is 138 cm³/mol. The second-order valence-electron chi connectivity index (χ2n) is 7.49. The molecule has 0 bridgehead atoms. The van der Waals surface area contributed by atoms with E-state index < -0.39 is 6.04 Å². The van der Waals surface area contributed by atoms with E-state index in [0.717, 1.165) is 34.4 Å². The summed E-state index contributed by atoms with van der Waals surface area (Å²) in [5.74, 6) is 0.512. The van der Waals surface area contributed by atoms with E-state index in [1.807, 2.05) is 62.4 Å². The first-order valence-corrected chi connectivity index (χ1v) is 11.1. The molecule has 2 aromatic carbocycles. The minimum atomic E-state index is -0.648. The Hall–Kier alpha value is -4.19. The molecule has 1 unspecified atom stereocenters. The number of allylic oxidation sites excluding steroid dienone is 6. The van der Waals surface area contributed by atoms with Crippen LogP contribution < -0.4 is 15.4 Å². The van der Waals surface area contributed by atoms with Gasteiger partial charge in [0.25, 0.3) is 5.91 Å². The van der Waals surface area contributed by atoms with Crippen LogP contribution in [0, 0.1) is 0 Å². The molecule has 0 saturated carbocycles. The molecule has 0 aliphatic heterocycles. The number of rotatable bonds is 9. The summed E-state index contributed by atoms with van der Waals surface area (Å²) < 4.78 is 5.19. The lowest BCUT2D eigenvalue weighted by molar-refractivity contribution is -0.118. The fraction of sp³-hybridized carbons (Fsp3) is 0.179. The molecule has 0 spiro atoms. The zero-order chi connectivity index (χ0) is 24.3. The Bertz CT molecular complexity index is 1150. The van der Waals surface area contributed by atoms with Gasteiger partial charge in [-0.1, -0.05) is 36.4 Å². The number of benzene rings is 2. The smallest absolute Gasteiger partial charge is 0.251 e. The van der Waals surface area contributed by atoms with Crippen LogP contribution in [-0.2, 0) is 9.59 Å². The van der Waals surface area contributed by atoms with Gasteiger partial charge in [0.2, 0.25) is 0 Å². The van der Waals surface area contributed by atoms with Crippen LogP contribution in [0.3, 0.4) is 0 Å². The molecule has 1 aliphatic rings. The summed E-state index contributed by atoms with van der Waals surface area (Å²) in [7, 11) is 1.60. The van der Waals surface area contributed by atoms with Crippen molar-refractivity contribution in [3.05, 3.63) is 101 Å². The highest BCUT2D eigenvalue weighted by Gasteiger charge is 2.22. The van der Waals surface area contributed by atoms with Gasteiger partial charge in [-0.2, -0.15) is 0 Å². The lowest BCUT2D eigenvalue weighted by Gasteiger charge is -2.23. The van der Waals surface area contributed by atoms with Crippen molar-refractivity contribution in [2.45, 2.75) is 19.9 Å². The number of methoxy groups -OCH3 is 1. The van der Waals surface area contributed by atoms with Crippen molar-refractivity contribution in [3.63, 3.8) is 0 Å². The number of carbonyl (C=O) groups is 2. The summed E-state index contributed by atoms with van der Waals surface area (Å²) in [6, 6.07) is 14.0. The Morgan fingerprint density at radius 1 is 1.09 bits per heavy atom. The molecule has 2 N–H and O–H groups in total. The molecule has 0 heterocycles. The monoisotopic (exact) mass is 455 g/mol. The highest BCUT2D eigenvalue weighted by molar-refractivity contribution is 6.11. The lowest BCUT2D eigenvalue weighted by atomic mass is 10.00. The number of amides is 1. The second kappa shape index (κ2) is 12.2. The first-order chi connectivity index (χ1) is 16.6. The lowest BCUT2D eigenvalue weighted by Crippen LogP contribution is -2.33. The molecule has 34 heavy (non-hydrogen) atoms. The van der Waals surface area contributed by atoms with E-state index in [0.29, 0.717) is 18.0 Å². The highest BCUT2D eigenvalue weighted by Crippen LogP contribution is 2.22. The number of anilines is 1. The molecular weight excluding hydrogens is 426 g/mol. The largest absolute Gasteiger partial charge is 0.497 e. The third-order valence-electron chi connectivity index (χ3n) is 5.23. The third kappa shape index (κ3) is 6.42. The van der Waals surface area contributed by atoms with Crippen molar-refractivity contribution in [1.82, 2.24) is 5.32 Å². The van der Waals surface area contributed by atoms with Gasteiger partial charge >= 0.3 is 0 Å². The molecule has 6 heteroatoms. The molecule has 174 valence electrons. The number of aldehydes is 1. The highest BCUT2D eigenvalue weighted by atomic mass is 16.5. The molecule has 6 nitrogen and oxygen atoms in total. The fourth-order valence-corrected chi connectivity index (χ4v) is 3.50. The summed E-state index contributed by atoms with van der Waals surface area (Å²) in [4.78, 5) is 28.5. The zero-order valence-electron chi connectivity index (χ0n) is 19.6. The topological polar surface area (TPSA) is 79.8 Å². The molecule has 1 atom stereocenters. The summed E-state index contributed by atoms with van der Waals surface area (Å²) in [6.07, 6.45) is 11.8. The maximum atomic E-state index is 13.4. The quantitative estimate of drug-likeness (QED) is 0.410. The van der Waals surface area contributed by atoms with E-state index in [4.69, 9.17) is 4.74 Å². The molecule has 0 aromatic heterocycles. The van der Waals surface area contributed by atoms with E-state index >= 15 is 0 Å². The third-order valence-corrected chi connectivity index (χ3v) is 5.23. The van der Waals surface area contributed by atoms with Crippen LogP contribution >= 0.6 is 0 Å². The normalized spacial score (nSPS) is 16.4. The number of nitrogens with zero attached hydrogens (tertiary/aromatic N) is 1. The van der Waals surface area contributed by atoms with Crippen molar-refractivity contribution < 1.29 is 14.3 Å². The molecule has 3 rings (SSSR count).